The fourth-order valence-corrected chi connectivity index (χ4v) is 4.34. The Balaban J connectivity index is 1.93. The first-order chi connectivity index (χ1) is 9.60. The lowest BCUT2D eigenvalue weighted by Gasteiger charge is -2.30. The van der Waals surface area contributed by atoms with E-state index in [0.717, 1.165) is 24.9 Å². The maximum atomic E-state index is 12.2. The molecule has 0 radical (unpaired) electrons. The maximum absolute atomic E-state index is 12.2. The Bertz CT molecular complexity index is 520. The minimum atomic E-state index is 0.0932. The average Bonchev–Trinajstić information content (AvgIpc) is 2.82. The number of halogens is 1. The van der Waals surface area contributed by atoms with Crippen molar-refractivity contribution in [2.24, 2.45) is 5.41 Å². The minimum Gasteiger partial charge on any atom is -0.352 e. The van der Waals surface area contributed by atoms with Gasteiger partial charge in [-0.2, -0.15) is 0 Å². The Morgan fingerprint density at radius 2 is 2.00 bits per heavy atom. The summed E-state index contributed by atoms with van der Waals surface area (Å²) in [6.45, 7) is 3.16. The second-order valence-corrected chi connectivity index (χ2v) is 7.42. The van der Waals surface area contributed by atoms with E-state index in [4.69, 9.17) is 0 Å². The third-order valence-electron chi connectivity index (χ3n) is 4.94. The first-order valence-electron chi connectivity index (χ1n) is 7.65. The van der Waals surface area contributed by atoms with Crippen LogP contribution in [0.15, 0.2) is 18.2 Å². The van der Waals surface area contributed by atoms with Gasteiger partial charge in [0.15, 0.2) is 0 Å². The van der Waals surface area contributed by atoms with Crippen molar-refractivity contribution in [3.63, 3.8) is 0 Å². The van der Waals surface area contributed by atoms with Crippen LogP contribution in [0.4, 0.5) is 0 Å². The molecule has 1 atom stereocenters. The van der Waals surface area contributed by atoms with E-state index < -0.39 is 0 Å². The molecular formula is C17H22BrNO. The van der Waals surface area contributed by atoms with Gasteiger partial charge in [0.1, 0.15) is 0 Å². The van der Waals surface area contributed by atoms with Crippen LogP contribution in [0.3, 0.4) is 0 Å². The van der Waals surface area contributed by atoms with Crippen molar-refractivity contribution < 1.29 is 4.79 Å². The van der Waals surface area contributed by atoms with Gasteiger partial charge in [-0.15, -0.1) is 0 Å². The van der Waals surface area contributed by atoms with Gasteiger partial charge in [-0.1, -0.05) is 47.8 Å². The number of rotatable bonds is 2. The molecule has 0 spiro atoms. The summed E-state index contributed by atoms with van der Waals surface area (Å²) in [5.41, 5.74) is 3.66. The van der Waals surface area contributed by atoms with Crippen molar-refractivity contribution >= 4 is 21.8 Å². The number of aryl methyl sites for hydroxylation is 1. The summed E-state index contributed by atoms with van der Waals surface area (Å²) < 4.78 is 0. The minimum absolute atomic E-state index is 0.0932. The average molecular weight is 336 g/mol. The summed E-state index contributed by atoms with van der Waals surface area (Å²) in [5, 5.41) is 2.99. The van der Waals surface area contributed by atoms with Crippen LogP contribution in [-0.4, -0.2) is 12.5 Å². The van der Waals surface area contributed by atoms with Crippen LogP contribution >= 0.6 is 15.9 Å². The molecule has 0 saturated heterocycles. The molecule has 1 aromatic rings. The molecule has 0 aromatic heterocycles. The molecule has 1 unspecified atom stereocenters. The van der Waals surface area contributed by atoms with E-state index in [9.17, 15) is 4.79 Å². The smallest absolute Gasteiger partial charge is 0.251 e. The van der Waals surface area contributed by atoms with Crippen LogP contribution in [0, 0.1) is 5.41 Å². The number of carbonyl (C=O) groups excluding carboxylic acids is 1. The van der Waals surface area contributed by atoms with Gasteiger partial charge in [0.05, 0.1) is 0 Å². The third-order valence-corrected chi connectivity index (χ3v) is 6.57. The molecule has 1 fully saturated rings. The number of hydrogen-bond donors (Lipinski definition) is 1. The highest BCUT2D eigenvalue weighted by Gasteiger charge is 2.36. The van der Waals surface area contributed by atoms with Gasteiger partial charge >= 0.3 is 0 Å². The molecule has 1 aromatic carbocycles. The monoisotopic (exact) mass is 335 g/mol. The van der Waals surface area contributed by atoms with Crippen molar-refractivity contribution in [3.05, 3.63) is 34.9 Å². The molecule has 3 heteroatoms. The summed E-state index contributed by atoms with van der Waals surface area (Å²) in [5.74, 6) is 0.0932. The molecule has 108 valence electrons. The van der Waals surface area contributed by atoms with Crippen LogP contribution in [0.5, 0.6) is 0 Å². The lowest BCUT2D eigenvalue weighted by atomic mass is 9.81. The fourth-order valence-electron chi connectivity index (χ4n) is 3.60. The van der Waals surface area contributed by atoms with Crippen molar-refractivity contribution in [1.29, 1.82) is 0 Å². The van der Waals surface area contributed by atoms with Crippen LogP contribution < -0.4 is 5.32 Å². The number of alkyl halides is 1. The molecule has 1 amide bonds. The normalized spacial score (nSPS) is 22.8. The summed E-state index contributed by atoms with van der Waals surface area (Å²) in [6.07, 6.45) is 7.22. The van der Waals surface area contributed by atoms with Gasteiger partial charge in [0.2, 0.25) is 0 Å². The van der Waals surface area contributed by atoms with Gasteiger partial charge in [-0.3, -0.25) is 4.79 Å². The quantitative estimate of drug-likeness (QED) is 0.798. The van der Waals surface area contributed by atoms with Crippen LogP contribution in [0.25, 0.3) is 0 Å². The Kier molecular flexibility index (Phi) is 3.89. The highest BCUT2D eigenvalue weighted by molar-refractivity contribution is 9.09. The Hall–Kier alpha value is -0.830. The Labute approximate surface area is 129 Å². The van der Waals surface area contributed by atoms with E-state index in [1.165, 1.54) is 36.8 Å². The molecule has 20 heavy (non-hydrogen) atoms. The summed E-state index contributed by atoms with van der Waals surface area (Å²) >= 11 is 3.90. The lowest BCUT2D eigenvalue weighted by molar-refractivity contribution is 0.0956. The van der Waals surface area contributed by atoms with E-state index in [1.807, 2.05) is 0 Å². The number of benzene rings is 1. The van der Waals surface area contributed by atoms with Crippen LogP contribution in [-0.2, 0) is 6.42 Å². The first kappa shape index (κ1) is 14.1. The fraction of sp³-hybridized carbons (Fsp3) is 0.588. The molecular weight excluding hydrogens is 314 g/mol. The lowest BCUT2D eigenvalue weighted by Crippen LogP contribution is -2.23. The predicted molar refractivity (Wildman–Crippen MR) is 85.3 cm³/mol. The van der Waals surface area contributed by atoms with Crippen molar-refractivity contribution in [2.75, 3.05) is 6.54 Å². The van der Waals surface area contributed by atoms with E-state index in [1.54, 1.807) is 0 Å². The standard InChI is InChI=1S/C17H22BrNO/c1-17(8-2-3-9-17)15(18)13-7-6-12-5-4-10-19-16(20)14(12)11-13/h6-7,11,15H,2-5,8-10H2,1H3,(H,19,20). The molecule has 1 N–H and O–H groups in total. The maximum Gasteiger partial charge on any atom is 0.251 e. The van der Waals surface area contributed by atoms with Crippen molar-refractivity contribution in [1.82, 2.24) is 5.32 Å². The zero-order chi connectivity index (χ0) is 14.2. The second-order valence-electron chi connectivity index (χ2n) is 6.50. The van der Waals surface area contributed by atoms with Gasteiger partial charge in [-0.25, -0.2) is 0 Å². The molecule has 1 saturated carbocycles. The number of nitrogens with one attached hydrogen (secondary N) is 1. The third kappa shape index (κ3) is 2.52. The molecule has 1 aliphatic carbocycles. The highest BCUT2D eigenvalue weighted by atomic mass is 79.9. The molecule has 1 heterocycles. The van der Waals surface area contributed by atoms with Gasteiger partial charge in [0.25, 0.3) is 5.91 Å². The van der Waals surface area contributed by atoms with E-state index in [-0.39, 0.29) is 5.91 Å². The number of carbonyl (C=O) groups is 1. The molecule has 3 rings (SSSR count). The summed E-state index contributed by atoms with van der Waals surface area (Å²) in [7, 11) is 0. The van der Waals surface area contributed by atoms with Crippen LogP contribution in [0.1, 0.15) is 65.3 Å². The van der Waals surface area contributed by atoms with Crippen LogP contribution in [0.2, 0.25) is 0 Å². The first-order valence-corrected chi connectivity index (χ1v) is 8.57. The van der Waals surface area contributed by atoms with E-state index in [2.05, 4.69) is 46.4 Å². The summed E-state index contributed by atoms with van der Waals surface area (Å²) in [6, 6.07) is 6.47. The Morgan fingerprint density at radius 3 is 2.75 bits per heavy atom. The second kappa shape index (κ2) is 5.51. The van der Waals surface area contributed by atoms with Crippen molar-refractivity contribution in [2.45, 2.75) is 50.3 Å². The number of fused-ring (bicyclic) bond motifs is 1. The van der Waals surface area contributed by atoms with E-state index >= 15 is 0 Å². The largest absolute Gasteiger partial charge is 0.352 e. The van der Waals surface area contributed by atoms with Gasteiger partial charge in [0, 0.05) is 16.9 Å². The molecule has 1 aliphatic heterocycles. The van der Waals surface area contributed by atoms with Crippen molar-refractivity contribution in [3.8, 4) is 0 Å². The summed E-state index contributed by atoms with van der Waals surface area (Å²) in [4.78, 5) is 12.5. The topological polar surface area (TPSA) is 29.1 Å². The highest BCUT2D eigenvalue weighted by Crippen LogP contribution is 2.51. The zero-order valence-corrected chi connectivity index (χ0v) is 13.6. The van der Waals surface area contributed by atoms with Gasteiger partial charge in [-0.05, 0) is 48.3 Å². The number of hydrogen-bond acceptors (Lipinski definition) is 1. The van der Waals surface area contributed by atoms with Gasteiger partial charge < -0.3 is 5.32 Å². The molecule has 2 aliphatic rings. The molecule has 0 bridgehead atoms. The predicted octanol–water partition coefficient (Wildman–Crippen LogP) is 4.38. The number of amides is 1. The molecule has 2 nitrogen and oxygen atoms in total. The zero-order valence-electron chi connectivity index (χ0n) is 12.0. The van der Waals surface area contributed by atoms with E-state index in [0.29, 0.717) is 10.2 Å². The SMILES string of the molecule is CC1(C(Br)c2ccc3c(c2)C(=O)NCCC3)CCCC1. The Morgan fingerprint density at radius 1 is 1.25 bits per heavy atom.